The third kappa shape index (κ3) is 3.17. The Hall–Kier alpha value is -1.88. The largest absolute Gasteiger partial charge is 0.489 e. The molecule has 4 nitrogen and oxygen atoms in total. The second kappa shape index (κ2) is 6.05. The van der Waals surface area contributed by atoms with Crippen LogP contribution < -0.4 is 10.1 Å². The van der Waals surface area contributed by atoms with E-state index >= 15 is 0 Å². The van der Waals surface area contributed by atoms with Crippen LogP contribution in [0.3, 0.4) is 0 Å². The molecule has 0 aliphatic carbocycles. The third-order valence-corrected chi connectivity index (χ3v) is 3.51. The van der Waals surface area contributed by atoms with Crippen molar-refractivity contribution in [1.29, 1.82) is 0 Å². The Labute approximate surface area is 117 Å². The normalized spacial score (nSPS) is 18.9. The van der Waals surface area contributed by atoms with Crippen LogP contribution in [0.4, 0.5) is 4.39 Å². The van der Waals surface area contributed by atoms with Gasteiger partial charge in [0, 0.05) is 6.04 Å². The molecular formula is C15H18FN3O. The minimum atomic E-state index is -0.249. The second-order valence-corrected chi connectivity index (χ2v) is 5.05. The minimum absolute atomic E-state index is 0.249. The van der Waals surface area contributed by atoms with Crippen molar-refractivity contribution in [3.05, 3.63) is 42.5 Å². The van der Waals surface area contributed by atoms with Gasteiger partial charge in [0.05, 0.1) is 18.1 Å². The number of nitrogens with one attached hydrogen (secondary N) is 1. The minimum Gasteiger partial charge on any atom is -0.489 e. The molecule has 1 aliphatic rings. The fourth-order valence-corrected chi connectivity index (χ4v) is 2.38. The molecule has 1 fully saturated rings. The number of hydrogen-bond donors (Lipinski definition) is 1. The highest BCUT2D eigenvalue weighted by Crippen LogP contribution is 2.15. The molecule has 1 aromatic heterocycles. The van der Waals surface area contributed by atoms with E-state index in [1.54, 1.807) is 23.0 Å². The summed E-state index contributed by atoms with van der Waals surface area (Å²) in [5, 5.41) is 7.67. The van der Waals surface area contributed by atoms with Crippen LogP contribution in [0.15, 0.2) is 36.7 Å². The molecule has 1 saturated heterocycles. The van der Waals surface area contributed by atoms with E-state index in [4.69, 9.17) is 4.74 Å². The molecule has 1 N–H and O–H groups in total. The van der Waals surface area contributed by atoms with E-state index in [-0.39, 0.29) is 5.82 Å². The maximum Gasteiger partial charge on any atom is 0.157 e. The van der Waals surface area contributed by atoms with Crippen LogP contribution in [0.2, 0.25) is 0 Å². The number of piperidine rings is 1. The van der Waals surface area contributed by atoms with Gasteiger partial charge in [0.1, 0.15) is 12.4 Å². The van der Waals surface area contributed by atoms with E-state index in [1.165, 1.54) is 25.0 Å². The molecule has 1 atom stereocenters. The van der Waals surface area contributed by atoms with Gasteiger partial charge in [0.2, 0.25) is 0 Å². The summed E-state index contributed by atoms with van der Waals surface area (Å²) in [5.41, 5.74) is 0.817. The molecule has 0 amide bonds. The van der Waals surface area contributed by atoms with Gasteiger partial charge in [-0.15, -0.1) is 0 Å². The SMILES string of the molecule is Fc1ccc(-n2cc(OCC3CCCCN3)cn2)cc1. The predicted octanol–water partition coefficient (Wildman–Crippen LogP) is 2.53. The molecular weight excluding hydrogens is 257 g/mol. The summed E-state index contributed by atoms with van der Waals surface area (Å²) in [5.74, 6) is 0.488. The van der Waals surface area contributed by atoms with Gasteiger partial charge in [-0.05, 0) is 43.7 Å². The van der Waals surface area contributed by atoms with Crippen LogP contribution >= 0.6 is 0 Å². The van der Waals surface area contributed by atoms with Gasteiger partial charge >= 0.3 is 0 Å². The van der Waals surface area contributed by atoms with E-state index in [2.05, 4.69) is 10.4 Å². The lowest BCUT2D eigenvalue weighted by molar-refractivity contribution is 0.239. The monoisotopic (exact) mass is 275 g/mol. The highest BCUT2D eigenvalue weighted by Gasteiger charge is 2.13. The van der Waals surface area contributed by atoms with Crippen LogP contribution in [-0.4, -0.2) is 29.0 Å². The van der Waals surface area contributed by atoms with E-state index in [0.29, 0.717) is 12.6 Å². The van der Waals surface area contributed by atoms with E-state index in [1.807, 2.05) is 6.20 Å². The summed E-state index contributed by atoms with van der Waals surface area (Å²) in [7, 11) is 0. The third-order valence-electron chi connectivity index (χ3n) is 3.51. The molecule has 3 rings (SSSR count). The summed E-state index contributed by atoms with van der Waals surface area (Å²) in [4.78, 5) is 0. The smallest absolute Gasteiger partial charge is 0.157 e. The van der Waals surface area contributed by atoms with Gasteiger partial charge in [0.25, 0.3) is 0 Å². The lowest BCUT2D eigenvalue weighted by Crippen LogP contribution is -2.38. The Balaban J connectivity index is 1.60. The fraction of sp³-hybridized carbons (Fsp3) is 0.400. The molecule has 106 valence electrons. The second-order valence-electron chi connectivity index (χ2n) is 5.05. The van der Waals surface area contributed by atoms with Crippen molar-refractivity contribution in [2.75, 3.05) is 13.2 Å². The molecule has 2 aromatic rings. The predicted molar refractivity (Wildman–Crippen MR) is 74.7 cm³/mol. The molecule has 5 heteroatoms. The average Bonchev–Trinajstić information content (AvgIpc) is 2.96. The number of aromatic nitrogens is 2. The number of hydrogen-bond acceptors (Lipinski definition) is 3. The van der Waals surface area contributed by atoms with Gasteiger partial charge < -0.3 is 10.1 Å². The Kier molecular flexibility index (Phi) is 3.97. The number of nitrogens with zero attached hydrogens (tertiary/aromatic N) is 2. The van der Waals surface area contributed by atoms with Gasteiger partial charge in [-0.25, -0.2) is 9.07 Å². The van der Waals surface area contributed by atoms with Crippen molar-refractivity contribution in [1.82, 2.24) is 15.1 Å². The highest BCUT2D eigenvalue weighted by atomic mass is 19.1. The Bertz CT molecular complexity index is 547. The van der Waals surface area contributed by atoms with Crippen LogP contribution in [-0.2, 0) is 0 Å². The summed E-state index contributed by atoms with van der Waals surface area (Å²) < 4.78 is 20.3. The highest BCUT2D eigenvalue weighted by molar-refractivity contribution is 5.32. The maximum absolute atomic E-state index is 12.9. The van der Waals surface area contributed by atoms with E-state index < -0.39 is 0 Å². The lowest BCUT2D eigenvalue weighted by atomic mass is 10.1. The van der Waals surface area contributed by atoms with Crippen molar-refractivity contribution in [3.63, 3.8) is 0 Å². The average molecular weight is 275 g/mol. The molecule has 0 saturated carbocycles. The standard InChI is InChI=1S/C15H18FN3O/c16-12-4-6-14(7-5-12)19-10-15(9-18-19)20-11-13-3-1-2-8-17-13/h4-7,9-10,13,17H,1-3,8,11H2. The van der Waals surface area contributed by atoms with Crippen molar-refractivity contribution < 1.29 is 9.13 Å². The van der Waals surface area contributed by atoms with Gasteiger partial charge in [0.15, 0.2) is 5.75 Å². The first-order valence-corrected chi connectivity index (χ1v) is 6.98. The molecule has 1 unspecified atom stereocenters. The summed E-state index contributed by atoms with van der Waals surface area (Å²) in [6.45, 7) is 1.73. The van der Waals surface area contributed by atoms with E-state index in [0.717, 1.165) is 24.4 Å². The van der Waals surface area contributed by atoms with Gasteiger partial charge in [-0.1, -0.05) is 6.42 Å². The Morgan fingerprint density at radius 1 is 1.30 bits per heavy atom. The first-order valence-electron chi connectivity index (χ1n) is 6.98. The molecule has 20 heavy (non-hydrogen) atoms. The molecule has 0 radical (unpaired) electrons. The maximum atomic E-state index is 12.9. The molecule has 1 aliphatic heterocycles. The van der Waals surface area contributed by atoms with E-state index in [9.17, 15) is 4.39 Å². The van der Waals surface area contributed by atoms with Crippen LogP contribution in [0, 0.1) is 5.82 Å². The fourth-order valence-electron chi connectivity index (χ4n) is 2.38. The number of rotatable bonds is 4. The van der Waals surface area contributed by atoms with Gasteiger partial charge in [-0.3, -0.25) is 0 Å². The first kappa shape index (κ1) is 13.1. The topological polar surface area (TPSA) is 39.1 Å². The van der Waals surface area contributed by atoms with Crippen molar-refractivity contribution >= 4 is 0 Å². The van der Waals surface area contributed by atoms with Crippen LogP contribution in [0.25, 0.3) is 5.69 Å². The number of benzene rings is 1. The quantitative estimate of drug-likeness (QED) is 0.932. The van der Waals surface area contributed by atoms with Crippen molar-refractivity contribution in [2.24, 2.45) is 0 Å². The van der Waals surface area contributed by atoms with Crippen molar-refractivity contribution in [2.45, 2.75) is 25.3 Å². The van der Waals surface area contributed by atoms with Crippen molar-refractivity contribution in [3.8, 4) is 11.4 Å². The molecule has 2 heterocycles. The summed E-state index contributed by atoms with van der Waals surface area (Å²) in [6, 6.07) is 6.65. The number of halogens is 1. The molecule has 0 bridgehead atoms. The van der Waals surface area contributed by atoms with Crippen LogP contribution in [0.5, 0.6) is 5.75 Å². The number of ether oxygens (including phenoxy) is 1. The van der Waals surface area contributed by atoms with Crippen LogP contribution in [0.1, 0.15) is 19.3 Å². The molecule has 0 spiro atoms. The Morgan fingerprint density at radius 3 is 2.90 bits per heavy atom. The Morgan fingerprint density at radius 2 is 2.15 bits per heavy atom. The summed E-state index contributed by atoms with van der Waals surface area (Å²) >= 11 is 0. The zero-order valence-electron chi connectivity index (χ0n) is 11.3. The first-order chi connectivity index (χ1) is 9.81. The summed E-state index contributed by atoms with van der Waals surface area (Å²) in [6.07, 6.45) is 7.17. The molecule has 1 aromatic carbocycles. The van der Waals surface area contributed by atoms with Gasteiger partial charge in [-0.2, -0.15) is 5.10 Å². The zero-order chi connectivity index (χ0) is 13.8. The zero-order valence-corrected chi connectivity index (χ0v) is 11.3. The lowest BCUT2D eigenvalue weighted by Gasteiger charge is -2.22.